The van der Waals surface area contributed by atoms with Crippen molar-refractivity contribution in [3.05, 3.63) is 64.9 Å². The van der Waals surface area contributed by atoms with Gasteiger partial charge < -0.3 is 5.11 Å². The number of thiophene rings is 1. The lowest BCUT2D eigenvalue weighted by molar-refractivity contribution is 0.0658. The maximum Gasteiger partial charge on any atom is 0.241 e. The SMILES string of the molecule is CC(O)(CNS(=O)(=O)c1cccc2ccccc12)Cc1ccsc1. The first-order valence-corrected chi connectivity index (χ1v) is 10.0. The summed E-state index contributed by atoms with van der Waals surface area (Å²) >= 11 is 1.55. The van der Waals surface area contributed by atoms with Crippen molar-refractivity contribution in [2.75, 3.05) is 6.54 Å². The van der Waals surface area contributed by atoms with Crippen LogP contribution in [0.5, 0.6) is 0 Å². The minimum absolute atomic E-state index is 0.0472. The molecule has 0 saturated heterocycles. The third-order valence-corrected chi connectivity index (χ3v) is 6.04. The molecule has 1 unspecified atom stereocenters. The first kappa shape index (κ1) is 17.1. The molecule has 126 valence electrons. The van der Waals surface area contributed by atoms with Crippen LogP contribution in [0, 0.1) is 0 Å². The highest BCUT2D eigenvalue weighted by atomic mass is 32.2. The molecule has 0 spiro atoms. The molecule has 0 aliphatic rings. The van der Waals surface area contributed by atoms with Crippen LogP contribution in [0.4, 0.5) is 0 Å². The van der Waals surface area contributed by atoms with E-state index in [-0.39, 0.29) is 11.4 Å². The maximum atomic E-state index is 12.7. The number of fused-ring (bicyclic) bond motifs is 1. The Morgan fingerprint density at radius 3 is 2.62 bits per heavy atom. The first-order chi connectivity index (χ1) is 11.4. The van der Waals surface area contributed by atoms with E-state index in [9.17, 15) is 13.5 Å². The molecule has 0 radical (unpaired) electrons. The van der Waals surface area contributed by atoms with Crippen LogP contribution in [0.3, 0.4) is 0 Å². The summed E-state index contributed by atoms with van der Waals surface area (Å²) < 4.78 is 27.9. The zero-order valence-electron chi connectivity index (χ0n) is 13.3. The van der Waals surface area contributed by atoms with Gasteiger partial charge in [-0.2, -0.15) is 11.3 Å². The summed E-state index contributed by atoms with van der Waals surface area (Å²) in [5, 5.41) is 15.9. The van der Waals surface area contributed by atoms with Crippen molar-refractivity contribution < 1.29 is 13.5 Å². The van der Waals surface area contributed by atoms with Gasteiger partial charge in [-0.15, -0.1) is 0 Å². The third-order valence-electron chi connectivity index (χ3n) is 3.85. The average molecular weight is 361 g/mol. The predicted octanol–water partition coefficient (Wildman–Crippen LogP) is 3.17. The summed E-state index contributed by atoms with van der Waals surface area (Å²) in [6.07, 6.45) is 0.397. The topological polar surface area (TPSA) is 66.4 Å². The van der Waals surface area contributed by atoms with Crippen molar-refractivity contribution >= 4 is 32.1 Å². The van der Waals surface area contributed by atoms with Gasteiger partial charge in [0.2, 0.25) is 10.0 Å². The fraction of sp³-hybridized carbons (Fsp3) is 0.222. The van der Waals surface area contributed by atoms with Gasteiger partial charge in [0.15, 0.2) is 0 Å². The molecule has 0 aliphatic carbocycles. The van der Waals surface area contributed by atoms with E-state index in [0.29, 0.717) is 11.8 Å². The number of rotatable bonds is 6. The van der Waals surface area contributed by atoms with E-state index in [1.54, 1.807) is 36.5 Å². The van der Waals surface area contributed by atoms with Crippen LogP contribution >= 0.6 is 11.3 Å². The molecule has 2 aromatic carbocycles. The molecular formula is C18H19NO3S2. The van der Waals surface area contributed by atoms with E-state index < -0.39 is 15.6 Å². The van der Waals surface area contributed by atoms with Gasteiger partial charge in [0.05, 0.1) is 10.5 Å². The second-order valence-electron chi connectivity index (χ2n) is 6.11. The number of hydrogen-bond donors (Lipinski definition) is 2. The minimum Gasteiger partial charge on any atom is -0.388 e. The molecule has 2 N–H and O–H groups in total. The Labute approximate surface area is 145 Å². The zero-order valence-corrected chi connectivity index (χ0v) is 14.9. The highest BCUT2D eigenvalue weighted by Crippen LogP contribution is 2.23. The van der Waals surface area contributed by atoms with Gasteiger partial charge in [-0.1, -0.05) is 36.4 Å². The Kier molecular flexibility index (Phi) is 4.73. The van der Waals surface area contributed by atoms with Crippen LogP contribution in [0.15, 0.2) is 64.2 Å². The molecule has 3 aromatic rings. The van der Waals surface area contributed by atoms with Crippen molar-refractivity contribution in [2.24, 2.45) is 0 Å². The smallest absolute Gasteiger partial charge is 0.241 e. The summed E-state index contributed by atoms with van der Waals surface area (Å²) in [5.41, 5.74) is -0.159. The molecular weight excluding hydrogens is 342 g/mol. The van der Waals surface area contributed by atoms with E-state index in [1.165, 1.54) is 0 Å². The summed E-state index contributed by atoms with van der Waals surface area (Å²) in [4.78, 5) is 0.229. The fourth-order valence-electron chi connectivity index (χ4n) is 2.65. The van der Waals surface area contributed by atoms with Crippen LogP contribution in [0.1, 0.15) is 12.5 Å². The van der Waals surface area contributed by atoms with Crippen molar-refractivity contribution in [2.45, 2.75) is 23.8 Å². The molecule has 1 aromatic heterocycles. The molecule has 3 rings (SSSR count). The Morgan fingerprint density at radius 1 is 1.12 bits per heavy atom. The summed E-state index contributed by atoms with van der Waals surface area (Å²) in [7, 11) is -3.71. The van der Waals surface area contributed by atoms with Gasteiger partial charge in [-0.25, -0.2) is 13.1 Å². The Bertz CT molecular complexity index is 927. The van der Waals surface area contributed by atoms with E-state index in [4.69, 9.17) is 0 Å². The van der Waals surface area contributed by atoms with Gasteiger partial charge >= 0.3 is 0 Å². The Balaban J connectivity index is 1.80. The molecule has 0 fully saturated rings. The summed E-state index contributed by atoms with van der Waals surface area (Å²) in [6, 6.07) is 14.5. The van der Waals surface area contributed by atoms with E-state index in [2.05, 4.69) is 4.72 Å². The highest BCUT2D eigenvalue weighted by molar-refractivity contribution is 7.89. The molecule has 0 saturated carbocycles. The van der Waals surface area contributed by atoms with Crippen molar-refractivity contribution in [1.82, 2.24) is 4.72 Å². The van der Waals surface area contributed by atoms with E-state index in [1.807, 2.05) is 41.1 Å². The van der Waals surface area contributed by atoms with Crippen LogP contribution in [0.2, 0.25) is 0 Å². The number of benzene rings is 2. The second kappa shape index (κ2) is 6.64. The fourth-order valence-corrected chi connectivity index (χ4v) is 4.71. The van der Waals surface area contributed by atoms with Crippen LogP contribution in [-0.4, -0.2) is 25.7 Å². The quantitative estimate of drug-likeness (QED) is 0.709. The zero-order chi connectivity index (χ0) is 17.2. The predicted molar refractivity (Wildman–Crippen MR) is 97.8 cm³/mol. The molecule has 0 aliphatic heterocycles. The number of sulfonamides is 1. The van der Waals surface area contributed by atoms with E-state index in [0.717, 1.165) is 10.9 Å². The Hall–Kier alpha value is -1.73. The van der Waals surface area contributed by atoms with Crippen molar-refractivity contribution in [3.8, 4) is 0 Å². The molecule has 0 bridgehead atoms. The van der Waals surface area contributed by atoms with Crippen LogP contribution in [0.25, 0.3) is 10.8 Å². The normalized spacial score (nSPS) is 14.6. The third kappa shape index (κ3) is 3.84. The minimum atomic E-state index is -3.71. The van der Waals surface area contributed by atoms with Crippen LogP contribution < -0.4 is 4.72 Å². The summed E-state index contributed by atoms with van der Waals surface area (Å²) in [5.74, 6) is 0. The molecule has 1 heterocycles. The monoisotopic (exact) mass is 361 g/mol. The lowest BCUT2D eigenvalue weighted by Crippen LogP contribution is -2.42. The van der Waals surface area contributed by atoms with Gasteiger partial charge in [0.1, 0.15) is 0 Å². The van der Waals surface area contributed by atoms with Gasteiger partial charge in [0, 0.05) is 18.4 Å². The molecule has 1 atom stereocenters. The van der Waals surface area contributed by atoms with Crippen LogP contribution in [-0.2, 0) is 16.4 Å². The van der Waals surface area contributed by atoms with Gasteiger partial charge in [-0.3, -0.25) is 0 Å². The molecule has 24 heavy (non-hydrogen) atoms. The first-order valence-electron chi connectivity index (χ1n) is 7.58. The highest BCUT2D eigenvalue weighted by Gasteiger charge is 2.25. The van der Waals surface area contributed by atoms with E-state index >= 15 is 0 Å². The largest absolute Gasteiger partial charge is 0.388 e. The lowest BCUT2D eigenvalue weighted by Gasteiger charge is -2.23. The van der Waals surface area contributed by atoms with Crippen molar-refractivity contribution in [1.29, 1.82) is 0 Å². The number of nitrogens with one attached hydrogen (secondary N) is 1. The maximum absolute atomic E-state index is 12.7. The Morgan fingerprint density at radius 2 is 1.88 bits per heavy atom. The number of hydrogen-bond acceptors (Lipinski definition) is 4. The van der Waals surface area contributed by atoms with Crippen molar-refractivity contribution in [3.63, 3.8) is 0 Å². The van der Waals surface area contributed by atoms with Gasteiger partial charge in [0.25, 0.3) is 0 Å². The van der Waals surface area contributed by atoms with Gasteiger partial charge in [-0.05, 0) is 40.8 Å². The molecule has 6 heteroatoms. The molecule has 4 nitrogen and oxygen atoms in total. The lowest BCUT2D eigenvalue weighted by atomic mass is 9.99. The molecule has 0 amide bonds. The standard InChI is InChI=1S/C18H19NO3S2/c1-18(20,11-14-9-10-23-12-14)13-19-24(21,22)17-8-4-6-15-5-2-3-7-16(15)17/h2-10,12,19-20H,11,13H2,1H3. The second-order valence-corrected chi connectivity index (χ2v) is 8.62. The number of aliphatic hydroxyl groups is 1. The average Bonchev–Trinajstić information content (AvgIpc) is 3.05. The summed E-state index contributed by atoms with van der Waals surface area (Å²) in [6.45, 7) is 1.59.